The molecule has 0 saturated heterocycles. The van der Waals surface area contributed by atoms with Crippen LogP contribution in [0.4, 0.5) is 0 Å². The predicted octanol–water partition coefficient (Wildman–Crippen LogP) is 3.10. The van der Waals surface area contributed by atoms with Crippen LogP contribution in [0, 0.1) is 5.92 Å². The van der Waals surface area contributed by atoms with E-state index in [9.17, 15) is 4.79 Å². The van der Waals surface area contributed by atoms with Gasteiger partial charge in [-0.15, -0.1) is 0 Å². The van der Waals surface area contributed by atoms with Gasteiger partial charge in [-0.25, -0.2) is 0 Å². The monoisotopic (exact) mass is 370 g/mol. The number of carbonyl (C=O) groups is 1. The minimum absolute atomic E-state index is 0.260. The molecule has 2 atom stereocenters. The second-order valence-electron chi connectivity index (χ2n) is 8.05. The Morgan fingerprint density at radius 2 is 2.07 bits per heavy atom. The number of benzene rings is 1. The quantitative estimate of drug-likeness (QED) is 0.476. The molecule has 2 unspecified atom stereocenters. The maximum Gasteiger partial charge on any atom is 0.222 e. The van der Waals surface area contributed by atoms with Crippen LogP contribution in [0.25, 0.3) is 0 Å². The van der Waals surface area contributed by atoms with E-state index < -0.39 is 0 Å². The largest absolute Gasteiger partial charge is 0.356 e. The van der Waals surface area contributed by atoms with Gasteiger partial charge in [-0.1, -0.05) is 44.0 Å². The summed E-state index contributed by atoms with van der Waals surface area (Å²) < 4.78 is 0. The van der Waals surface area contributed by atoms with Crippen LogP contribution in [0.2, 0.25) is 0 Å². The minimum Gasteiger partial charge on any atom is -0.356 e. The Bertz CT molecular complexity index is 657. The predicted molar refractivity (Wildman–Crippen MR) is 111 cm³/mol. The fourth-order valence-corrected chi connectivity index (χ4v) is 4.27. The lowest BCUT2D eigenvalue weighted by molar-refractivity contribution is -0.132. The summed E-state index contributed by atoms with van der Waals surface area (Å²) in [4.78, 5) is 18.9. The van der Waals surface area contributed by atoms with Crippen LogP contribution in [0.3, 0.4) is 0 Å². The van der Waals surface area contributed by atoms with Crippen LogP contribution in [-0.4, -0.2) is 42.9 Å². The van der Waals surface area contributed by atoms with Gasteiger partial charge in [0.05, 0.1) is 0 Å². The molecule has 27 heavy (non-hydrogen) atoms. The summed E-state index contributed by atoms with van der Waals surface area (Å²) in [7, 11) is 1.82. The number of nitrogens with one attached hydrogen (secondary N) is 2. The van der Waals surface area contributed by atoms with E-state index in [2.05, 4.69) is 46.8 Å². The van der Waals surface area contributed by atoms with Crippen molar-refractivity contribution in [2.24, 2.45) is 10.9 Å². The molecule has 1 heterocycles. The first-order valence-corrected chi connectivity index (χ1v) is 10.5. The molecule has 148 valence electrons. The Morgan fingerprint density at radius 3 is 2.85 bits per heavy atom. The van der Waals surface area contributed by atoms with Gasteiger partial charge >= 0.3 is 0 Å². The molecule has 1 aromatic carbocycles. The van der Waals surface area contributed by atoms with Crippen LogP contribution in [0.1, 0.15) is 56.6 Å². The van der Waals surface area contributed by atoms with Crippen molar-refractivity contribution in [1.82, 2.24) is 15.5 Å². The Labute approximate surface area is 163 Å². The molecular weight excluding hydrogens is 336 g/mol. The number of guanidine groups is 1. The number of carbonyl (C=O) groups excluding carboxylic acids is 1. The van der Waals surface area contributed by atoms with E-state index in [4.69, 9.17) is 0 Å². The van der Waals surface area contributed by atoms with E-state index in [-0.39, 0.29) is 5.91 Å². The van der Waals surface area contributed by atoms with E-state index in [0.717, 1.165) is 44.4 Å². The highest BCUT2D eigenvalue weighted by Crippen LogP contribution is 2.23. The van der Waals surface area contributed by atoms with Crippen LogP contribution in [-0.2, 0) is 17.8 Å². The molecule has 0 aromatic heterocycles. The number of hydrogen-bond acceptors (Lipinski definition) is 2. The number of nitrogens with zero attached hydrogens (tertiary/aromatic N) is 2. The fraction of sp³-hybridized carbons (Fsp3) is 0.636. The summed E-state index contributed by atoms with van der Waals surface area (Å²) in [6.45, 7) is 4.70. The lowest BCUT2D eigenvalue weighted by Gasteiger charge is -2.29. The van der Waals surface area contributed by atoms with Gasteiger partial charge in [-0.2, -0.15) is 0 Å². The smallest absolute Gasteiger partial charge is 0.222 e. The molecule has 5 heteroatoms. The first-order chi connectivity index (χ1) is 13.2. The third kappa shape index (κ3) is 5.72. The second-order valence-corrected chi connectivity index (χ2v) is 8.05. The first kappa shape index (κ1) is 19.7. The van der Waals surface area contributed by atoms with Crippen LogP contribution in [0.5, 0.6) is 0 Å². The lowest BCUT2D eigenvalue weighted by atomic mass is 9.87. The molecule has 1 fully saturated rings. The average Bonchev–Trinajstić information content (AvgIpc) is 2.69. The standard InChI is InChI=1S/C22H34N4O/c1-17-7-5-10-20(15-17)25-22(23-2)24-13-6-11-21(27)26-14-12-18-8-3-4-9-19(18)16-26/h3-4,8-9,17,20H,5-7,10-16H2,1-2H3,(H2,23,24,25). The first-order valence-electron chi connectivity index (χ1n) is 10.5. The number of aliphatic imine (C=N–C) groups is 1. The number of fused-ring (bicyclic) bond motifs is 1. The van der Waals surface area contributed by atoms with E-state index in [1.165, 1.54) is 36.8 Å². The van der Waals surface area contributed by atoms with Crippen molar-refractivity contribution < 1.29 is 4.79 Å². The topological polar surface area (TPSA) is 56.7 Å². The van der Waals surface area contributed by atoms with Gasteiger partial charge in [0, 0.05) is 39.1 Å². The molecule has 1 aliphatic carbocycles. The van der Waals surface area contributed by atoms with E-state index in [0.29, 0.717) is 12.5 Å². The summed E-state index contributed by atoms with van der Waals surface area (Å²) in [5.74, 6) is 1.92. The number of rotatable bonds is 5. The SMILES string of the molecule is CN=C(NCCCC(=O)N1CCc2ccccc2C1)NC1CCCC(C)C1. The molecule has 1 aliphatic heterocycles. The van der Waals surface area contributed by atoms with Gasteiger partial charge in [-0.05, 0) is 42.7 Å². The highest BCUT2D eigenvalue weighted by Gasteiger charge is 2.21. The van der Waals surface area contributed by atoms with Crippen molar-refractivity contribution >= 4 is 11.9 Å². The van der Waals surface area contributed by atoms with Crippen LogP contribution < -0.4 is 10.6 Å². The van der Waals surface area contributed by atoms with Crippen molar-refractivity contribution in [1.29, 1.82) is 0 Å². The summed E-state index contributed by atoms with van der Waals surface area (Å²) in [6.07, 6.45) is 7.47. The zero-order chi connectivity index (χ0) is 19.1. The summed E-state index contributed by atoms with van der Waals surface area (Å²) >= 11 is 0. The van der Waals surface area contributed by atoms with Crippen molar-refractivity contribution in [3.05, 3.63) is 35.4 Å². The van der Waals surface area contributed by atoms with Crippen molar-refractivity contribution in [2.75, 3.05) is 20.1 Å². The molecule has 0 radical (unpaired) electrons. The third-order valence-electron chi connectivity index (χ3n) is 5.84. The van der Waals surface area contributed by atoms with Gasteiger partial charge < -0.3 is 15.5 Å². The molecule has 0 spiro atoms. The molecule has 3 rings (SSSR count). The molecule has 0 bridgehead atoms. The molecule has 1 aromatic rings. The zero-order valence-corrected chi connectivity index (χ0v) is 16.8. The zero-order valence-electron chi connectivity index (χ0n) is 16.8. The summed E-state index contributed by atoms with van der Waals surface area (Å²) in [6, 6.07) is 8.97. The molecular formula is C22H34N4O. The van der Waals surface area contributed by atoms with Gasteiger partial charge in [-0.3, -0.25) is 9.79 Å². The minimum atomic E-state index is 0.260. The number of amides is 1. The molecule has 5 nitrogen and oxygen atoms in total. The van der Waals surface area contributed by atoms with Crippen LogP contribution in [0.15, 0.2) is 29.3 Å². The average molecular weight is 371 g/mol. The summed E-state index contributed by atoms with van der Waals surface area (Å²) in [5, 5.41) is 6.92. The van der Waals surface area contributed by atoms with E-state index >= 15 is 0 Å². The van der Waals surface area contributed by atoms with Crippen molar-refractivity contribution in [3.63, 3.8) is 0 Å². The van der Waals surface area contributed by atoms with Crippen molar-refractivity contribution in [3.8, 4) is 0 Å². The van der Waals surface area contributed by atoms with Crippen LogP contribution >= 0.6 is 0 Å². The second kappa shape index (κ2) is 9.77. The third-order valence-corrected chi connectivity index (χ3v) is 5.84. The molecule has 1 saturated carbocycles. The van der Waals surface area contributed by atoms with Gasteiger partial charge in [0.1, 0.15) is 0 Å². The highest BCUT2D eigenvalue weighted by molar-refractivity contribution is 5.80. The van der Waals surface area contributed by atoms with Crippen molar-refractivity contribution in [2.45, 2.75) is 64.5 Å². The highest BCUT2D eigenvalue weighted by atomic mass is 16.2. The Morgan fingerprint density at radius 1 is 1.26 bits per heavy atom. The summed E-state index contributed by atoms with van der Waals surface area (Å²) in [5.41, 5.74) is 2.68. The normalized spacial score (nSPS) is 22.9. The molecule has 2 N–H and O–H groups in total. The molecule has 1 amide bonds. The van der Waals surface area contributed by atoms with E-state index in [1.54, 1.807) is 0 Å². The lowest BCUT2D eigenvalue weighted by Crippen LogP contribution is -2.45. The van der Waals surface area contributed by atoms with Gasteiger partial charge in [0.15, 0.2) is 5.96 Å². The maximum absolute atomic E-state index is 12.5. The fourth-order valence-electron chi connectivity index (χ4n) is 4.27. The van der Waals surface area contributed by atoms with Gasteiger partial charge in [0.25, 0.3) is 0 Å². The van der Waals surface area contributed by atoms with Gasteiger partial charge in [0.2, 0.25) is 5.91 Å². The number of hydrogen-bond donors (Lipinski definition) is 2. The Kier molecular flexibility index (Phi) is 7.13. The Hall–Kier alpha value is -2.04. The molecule has 2 aliphatic rings. The van der Waals surface area contributed by atoms with E-state index in [1.807, 2.05) is 11.9 Å². The maximum atomic E-state index is 12.5. The Balaban J connectivity index is 1.36.